The monoisotopic (exact) mass is 405 g/mol. The van der Waals surface area contributed by atoms with Gasteiger partial charge in [-0.3, -0.25) is 9.88 Å². The number of anilines is 1. The summed E-state index contributed by atoms with van der Waals surface area (Å²) in [6.07, 6.45) is 5.89. The first-order chi connectivity index (χ1) is 14.4. The van der Waals surface area contributed by atoms with Crippen molar-refractivity contribution in [1.82, 2.24) is 14.8 Å². The molecule has 3 rings (SSSR count). The van der Waals surface area contributed by atoms with Crippen molar-refractivity contribution in [2.45, 2.75) is 20.3 Å². The molecular formula is C22H23N5O3. The summed E-state index contributed by atoms with van der Waals surface area (Å²) >= 11 is 0. The fourth-order valence-corrected chi connectivity index (χ4v) is 3.20. The molecule has 1 aromatic heterocycles. The molecule has 30 heavy (non-hydrogen) atoms. The van der Waals surface area contributed by atoms with Crippen LogP contribution in [-0.4, -0.2) is 31.0 Å². The van der Waals surface area contributed by atoms with E-state index in [1.807, 2.05) is 38.1 Å². The van der Waals surface area contributed by atoms with Crippen LogP contribution in [-0.2, 0) is 6.42 Å². The number of phenols is 2. The highest BCUT2D eigenvalue weighted by atomic mass is 16.3. The van der Waals surface area contributed by atoms with Gasteiger partial charge in [0, 0.05) is 11.6 Å². The second-order valence-corrected chi connectivity index (χ2v) is 6.63. The normalized spacial score (nSPS) is 11.0. The Morgan fingerprint density at radius 3 is 2.70 bits per heavy atom. The van der Waals surface area contributed by atoms with Gasteiger partial charge in [0.1, 0.15) is 11.5 Å². The van der Waals surface area contributed by atoms with E-state index in [0.29, 0.717) is 23.2 Å². The molecule has 0 atom stereocenters. The average molecular weight is 405 g/mol. The Labute approximate surface area is 174 Å². The van der Waals surface area contributed by atoms with Gasteiger partial charge >= 0.3 is 6.03 Å². The summed E-state index contributed by atoms with van der Waals surface area (Å²) in [5.41, 5.74) is 8.80. The van der Waals surface area contributed by atoms with Gasteiger partial charge in [-0.2, -0.15) is 0 Å². The van der Waals surface area contributed by atoms with E-state index >= 15 is 0 Å². The first-order valence-corrected chi connectivity index (χ1v) is 9.33. The lowest BCUT2D eigenvalue weighted by Crippen LogP contribution is -2.22. The van der Waals surface area contributed by atoms with Crippen LogP contribution in [0.1, 0.15) is 23.6 Å². The molecule has 0 aliphatic carbocycles. The smallest absolute Gasteiger partial charge is 0.319 e. The number of aromatic nitrogens is 3. The number of allylic oxidation sites excluding steroid dienone is 2. The third-order valence-electron chi connectivity index (χ3n) is 4.66. The number of benzene rings is 2. The Balaban J connectivity index is 2.35. The largest absolute Gasteiger partial charge is 0.508 e. The number of carbonyl (C=O) groups is 1. The van der Waals surface area contributed by atoms with Crippen LogP contribution in [0.15, 0.2) is 49.1 Å². The maximum absolute atomic E-state index is 11.6. The van der Waals surface area contributed by atoms with E-state index in [-0.39, 0.29) is 23.3 Å². The topological polar surface area (TPSA) is 126 Å². The van der Waals surface area contributed by atoms with Gasteiger partial charge in [0.15, 0.2) is 5.82 Å². The Morgan fingerprint density at radius 2 is 2.03 bits per heavy atom. The maximum Gasteiger partial charge on any atom is 0.319 e. The molecule has 0 saturated heterocycles. The molecule has 1 heterocycles. The second kappa shape index (κ2) is 8.52. The quantitative estimate of drug-likeness (QED) is 0.463. The Kier molecular flexibility index (Phi) is 5.87. The van der Waals surface area contributed by atoms with Gasteiger partial charge in [0.2, 0.25) is 5.95 Å². The molecule has 0 spiro atoms. The van der Waals surface area contributed by atoms with E-state index in [0.717, 1.165) is 11.1 Å². The molecule has 0 aliphatic rings. The lowest BCUT2D eigenvalue weighted by atomic mass is 10.0. The number of rotatable bonds is 6. The minimum absolute atomic E-state index is 0.00883. The van der Waals surface area contributed by atoms with Gasteiger partial charge in [-0.05, 0) is 36.6 Å². The molecular weight excluding hydrogens is 382 g/mol. The number of nitrogens with two attached hydrogens (primary N) is 1. The van der Waals surface area contributed by atoms with Crippen LogP contribution >= 0.6 is 0 Å². The van der Waals surface area contributed by atoms with Gasteiger partial charge in [-0.25, -0.2) is 4.79 Å². The summed E-state index contributed by atoms with van der Waals surface area (Å²) in [6, 6.07) is 7.77. The van der Waals surface area contributed by atoms with Gasteiger partial charge in [0.25, 0.3) is 0 Å². The predicted molar refractivity (Wildman–Crippen MR) is 117 cm³/mol. The first kappa shape index (κ1) is 20.7. The molecule has 0 fully saturated rings. The van der Waals surface area contributed by atoms with Crippen molar-refractivity contribution in [1.29, 1.82) is 0 Å². The number of nitrogens with zero attached hydrogens (tertiary/aromatic N) is 3. The summed E-state index contributed by atoms with van der Waals surface area (Å²) in [6.45, 7) is 7.55. The highest BCUT2D eigenvalue weighted by Gasteiger charge is 2.22. The zero-order valence-corrected chi connectivity index (χ0v) is 16.8. The van der Waals surface area contributed by atoms with E-state index in [1.54, 1.807) is 22.8 Å². The van der Waals surface area contributed by atoms with E-state index < -0.39 is 6.03 Å². The van der Waals surface area contributed by atoms with Crippen LogP contribution in [0.3, 0.4) is 0 Å². The van der Waals surface area contributed by atoms with Crippen molar-refractivity contribution in [2.75, 3.05) is 5.32 Å². The molecule has 154 valence electrons. The minimum atomic E-state index is -0.796. The second-order valence-electron chi connectivity index (χ2n) is 6.63. The Hall–Kier alpha value is -4.07. The van der Waals surface area contributed by atoms with Gasteiger partial charge in [0.05, 0.1) is 11.3 Å². The number of nitrogens with one attached hydrogen (secondary N) is 1. The molecule has 8 heteroatoms. The fraction of sp³-hybridized carbons (Fsp3) is 0.136. The Bertz CT molecular complexity index is 1150. The number of aromatic hydroxyl groups is 2. The van der Waals surface area contributed by atoms with Crippen molar-refractivity contribution >= 4 is 18.1 Å². The highest BCUT2D eigenvalue weighted by Crippen LogP contribution is 2.37. The van der Waals surface area contributed by atoms with Crippen molar-refractivity contribution in [3.05, 3.63) is 65.8 Å². The lowest BCUT2D eigenvalue weighted by molar-refractivity contribution is 0.259. The molecule has 3 aromatic rings. The maximum atomic E-state index is 11.6. The zero-order valence-electron chi connectivity index (χ0n) is 16.8. The molecule has 0 saturated carbocycles. The zero-order chi connectivity index (χ0) is 21.8. The summed E-state index contributed by atoms with van der Waals surface area (Å²) in [7, 11) is 0. The van der Waals surface area contributed by atoms with E-state index in [1.165, 1.54) is 6.07 Å². The minimum Gasteiger partial charge on any atom is -0.508 e. The number of phenolic OH excluding ortho intramolecular Hbond substituents is 2. The van der Waals surface area contributed by atoms with Crippen LogP contribution in [0.4, 0.5) is 10.7 Å². The SMILES string of the molecule is C=C/C=C\c1c(C)cccc1-n1c(NC(N)=O)nnc1-c1cc(CC)c(O)cc1O. The predicted octanol–water partition coefficient (Wildman–Crippen LogP) is 3.91. The lowest BCUT2D eigenvalue weighted by Gasteiger charge is -2.16. The number of aryl methyl sites for hydroxylation is 2. The highest BCUT2D eigenvalue weighted by molar-refractivity contribution is 5.87. The summed E-state index contributed by atoms with van der Waals surface area (Å²) in [5, 5.41) is 31.3. The van der Waals surface area contributed by atoms with E-state index in [9.17, 15) is 15.0 Å². The number of urea groups is 1. The molecule has 2 aromatic carbocycles. The molecule has 0 aliphatic heterocycles. The number of carbonyl (C=O) groups excluding carboxylic acids is 1. The van der Waals surface area contributed by atoms with Crippen LogP contribution in [0.25, 0.3) is 23.2 Å². The molecule has 0 unspecified atom stereocenters. The summed E-state index contributed by atoms with van der Waals surface area (Å²) < 4.78 is 1.60. The summed E-state index contributed by atoms with van der Waals surface area (Å²) in [4.78, 5) is 11.6. The summed E-state index contributed by atoms with van der Waals surface area (Å²) in [5.74, 6) is 0.206. The van der Waals surface area contributed by atoms with Crippen molar-refractivity contribution in [3.8, 4) is 28.6 Å². The molecule has 0 radical (unpaired) electrons. The number of hydrogen-bond acceptors (Lipinski definition) is 5. The number of hydrogen-bond donors (Lipinski definition) is 4. The first-order valence-electron chi connectivity index (χ1n) is 9.33. The number of primary amides is 1. The Morgan fingerprint density at radius 1 is 1.27 bits per heavy atom. The van der Waals surface area contributed by atoms with Gasteiger partial charge in [-0.15, -0.1) is 10.2 Å². The molecule has 2 amide bonds. The van der Waals surface area contributed by atoms with Gasteiger partial charge < -0.3 is 15.9 Å². The molecule has 0 bridgehead atoms. The average Bonchev–Trinajstić information content (AvgIpc) is 3.09. The third-order valence-corrected chi connectivity index (χ3v) is 4.66. The van der Waals surface area contributed by atoms with Crippen molar-refractivity contribution in [2.24, 2.45) is 5.73 Å². The fourth-order valence-electron chi connectivity index (χ4n) is 3.20. The standard InChI is InChI=1S/C22H23N5O3/c1-4-6-9-15-13(3)8-7-10-17(15)27-20(25-26-22(27)24-21(23)30)16-11-14(5-2)18(28)12-19(16)29/h4,6-12,28-29H,1,5H2,2-3H3,(H3,23,24,26,30)/b9-6-. The third kappa shape index (κ3) is 3.88. The van der Waals surface area contributed by atoms with E-state index in [4.69, 9.17) is 5.73 Å². The molecule has 8 nitrogen and oxygen atoms in total. The van der Waals surface area contributed by atoms with Crippen LogP contribution in [0.2, 0.25) is 0 Å². The number of amides is 2. The van der Waals surface area contributed by atoms with Crippen molar-refractivity contribution < 1.29 is 15.0 Å². The van der Waals surface area contributed by atoms with Gasteiger partial charge in [-0.1, -0.05) is 43.9 Å². The van der Waals surface area contributed by atoms with Crippen molar-refractivity contribution in [3.63, 3.8) is 0 Å². The van der Waals surface area contributed by atoms with E-state index in [2.05, 4.69) is 22.1 Å². The molecule has 5 N–H and O–H groups in total. The van der Waals surface area contributed by atoms with Crippen LogP contribution < -0.4 is 11.1 Å². The van der Waals surface area contributed by atoms with Crippen LogP contribution in [0.5, 0.6) is 11.5 Å². The van der Waals surface area contributed by atoms with Crippen LogP contribution in [0, 0.1) is 6.92 Å².